The van der Waals surface area contributed by atoms with Crippen molar-refractivity contribution in [2.24, 2.45) is 0 Å². The predicted molar refractivity (Wildman–Crippen MR) is 474 cm³/mol. The van der Waals surface area contributed by atoms with Gasteiger partial charge in [-0.3, -0.25) is 29.8 Å². The summed E-state index contributed by atoms with van der Waals surface area (Å²) in [5, 5.41) is 167. The maximum absolute atomic E-state index is 10.9. The molecule has 44 nitrogen and oxygen atoms in total. The number of nitrogens with zero attached hydrogens (tertiary/aromatic N) is 8. The number of fused-ring (bicyclic) bond motifs is 8. The van der Waals surface area contributed by atoms with Gasteiger partial charge in [-0.2, -0.15) is 15.0 Å². The molecule has 16 aromatic rings. The van der Waals surface area contributed by atoms with E-state index in [0.717, 1.165) is 45.9 Å². The Kier molecular flexibility index (Phi) is 30.5. The van der Waals surface area contributed by atoms with Crippen molar-refractivity contribution in [1.82, 2.24) is 40.7 Å². The Bertz CT molecular complexity index is 6390. The molecule has 0 bridgehead atoms. The molecule has 18 rings (SSSR count). The van der Waals surface area contributed by atoms with Crippen LogP contribution < -0.4 is 86.7 Å². The second-order valence-corrected chi connectivity index (χ2v) is 29.1. The average Bonchev–Trinajstić information content (AvgIpc) is 1.61. The Morgan fingerprint density at radius 3 is 1.11 bits per heavy atom. The molecule has 8 aromatic heterocycles. The van der Waals surface area contributed by atoms with Gasteiger partial charge in [0.25, 0.3) is 6.01 Å². The highest BCUT2D eigenvalue weighted by atomic mass is 16.7. The van der Waals surface area contributed by atoms with E-state index in [0.29, 0.717) is 128 Å². The minimum absolute atomic E-state index is 0.0691. The van der Waals surface area contributed by atoms with Crippen molar-refractivity contribution in [3.63, 3.8) is 0 Å². The lowest BCUT2D eigenvalue weighted by Gasteiger charge is -2.32. The summed E-state index contributed by atoms with van der Waals surface area (Å²) in [5.41, 5.74) is 13.8. The molecule has 127 heavy (non-hydrogen) atoms. The number of nitrogen functional groups attached to an aromatic ring is 1. The molecule has 654 valence electrons. The summed E-state index contributed by atoms with van der Waals surface area (Å²) < 4.78 is 52.8. The first-order valence-corrected chi connectivity index (χ1v) is 38.3. The van der Waals surface area contributed by atoms with Crippen LogP contribution in [0.2, 0.25) is 0 Å². The third-order valence-corrected chi connectivity index (χ3v) is 18.9. The summed E-state index contributed by atoms with van der Waals surface area (Å²) in [6.45, 7) is 13.6. The van der Waals surface area contributed by atoms with Gasteiger partial charge in [0.1, 0.15) is 16.6 Å². The Hall–Kier alpha value is -13.5. The molecule has 8 aromatic carbocycles. The molecule has 2 fully saturated rings. The molecule has 52 heteroatoms. The summed E-state index contributed by atoms with van der Waals surface area (Å²) in [5.74, 6) is 1.49. The van der Waals surface area contributed by atoms with Crippen molar-refractivity contribution in [2.75, 3.05) is 57.0 Å². The van der Waals surface area contributed by atoms with Crippen LogP contribution in [0, 0.1) is 0 Å². The molecule has 2 aliphatic rings. The minimum atomic E-state index is -1.57. The van der Waals surface area contributed by atoms with Crippen LogP contribution in [-0.4, -0.2) is 223 Å². The Morgan fingerprint density at radius 2 is 0.677 bits per heavy atom. The standard InChI is InChI=1S/C14H19BN2O3.C10H11BN2O3.4C9H9BN2O4.C8H9BN2O3.C7H7BN2O3/c1-13(2)14(3,4)20-15(19-13)9-6-7-11-10(8-9)12(16-5)17-18-11;14-11(15)6-1-4-9-8(5-6)10(13-16-9)12-7-2-3-7;1-5(13)11-9-12-7-4-6(10(14)15)2-3-8(7)16-9;1-5(13)11-9-7-4-6(10(14)15)2-3-8(7)16-12-9;1-5(13)11-9-12-7-3-2-6(10(14)15)4-8(7)16-9;1-5(13)11-9-7-3-2-6(10(14)15)4-8(7)16-12-9;1-10-8-6-4-5(9(12)13)2-3-7(6)14-11-8;9-7-10-5-3-4(8(11)12)1-2-6(5)13-7/h6-8H,1-5H3,(H,16,17);1,4-5,7,14-15H,2-3H2,(H,12,13);4*2-4,14-15H,1H3,(H,11,12,13);2-4,12-13H,1H3,(H,10,11);1-3,11-12H,(H2,9,10). The van der Waals surface area contributed by atoms with Gasteiger partial charge in [0.15, 0.2) is 73.8 Å². The van der Waals surface area contributed by atoms with Gasteiger partial charge in [-0.1, -0.05) is 74.3 Å². The van der Waals surface area contributed by atoms with Crippen molar-refractivity contribution < 1.29 is 135 Å². The lowest BCUT2D eigenvalue weighted by atomic mass is 9.78. The average molecular weight is 1740 g/mol. The third kappa shape index (κ3) is 24.3. The Labute approximate surface area is 719 Å². The van der Waals surface area contributed by atoms with Gasteiger partial charge in [-0.05, 0) is 181 Å². The molecule has 0 unspecified atom stereocenters. The number of nitrogens with one attached hydrogen (secondary N) is 7. The van der Waals surface area contributed by atoms with Crippen LogP contribution in [0.15, 0.2) is 181 Å². The molecule has 0 atom stereocenters. The van der Waals surface area contributed by atoms with Crippen LogP contribution in [0.25, 0.3) is 88.1 Å². The van der Waals surface area contributed by atoms with E-state index in [-0.39, 0.29) is 65.8 Å². The predicted octanol–water partition coefficient (Wildman–Crippen LogP) is -1.25. The van der Waals surface area contributed by atoms with E-state index in [1.165, 1.54) is 88.4 Å². The summed E-state index contributed by atoms with van der Waals surface area (Å²) in [7, 11) is -7.50. The number of carbonyl (C=O) groups excluding carboxylic acids is 4. The van der Waals surface area contributed by atoms with Crippen LogP contribution in [0.5, 0.6) is 0 Å². The van der Waals surface area contributed by atoms with E-state index in [1.54, 1.807) is 73.8 Å². The second-order valence-electron chi connectivity index (χ2n) is 29.1. The van der Waals surface area contributed by atoms with E-state index in [2.05, 4.69) is 78.0 Å². The van der Waals surface area contributed by atoms with Crippen molar-refractivity contribution in [3.05, 3.63) is 146 Å². The number of oxazole rings is 3. The molecule has 9 heterocycles. The van der Waals surface area contributed by atoms with Gasteiger partial charge in [0.05, 0.1) is 38.1 Å². The lowest BCUT2D eigenvalue weighted by Crippen LogP contribution is -2.41. The zero-order chi connectivity index (χ0) is 92.0. The molecular weight excluding hydrogens is 1660 g/mol. The molecular formula is C75H82B8N16O28. The van der Waals surface area contributed by atoms with Gasteiger partial charge >= 0.3 is 69.0 Å². The zero-order valence-electron chi connectivity index (χ0n) is 69.1. The highest BCUT2D eigenvalue weighted by Gasteiger charge is 2.52. The van der Waals surface area contributed by atoms with E-state index in [4.69, 9.17) is 121 Å². The number of benzene rings is 8. The number of amides is 4. The van der Waals surface area contributed by atoms with E-state index in [9.17, 15) is 19.2 Å². The van der Waals surface area contributed by atoms with Gasteiger partial charge < -0.3 is 148 Å². The molecule has 1 saturated carbocycles. The van der Waals surface area contributed by atoms with Crippen molar-refractivity contribution in [3.8, 4) is 0 Å². The number of aromatic nitrogens is 8. The fourth-order valence-electron chi connectivity index (χ4n) is 11.7. The van der Waals surface area contributed by atoms with Crippen molar-refractivity contribution in [1.29, 1.82) is 0 Å². The number of nitrogens with two attached hydrogens (primary N) is 1. The molecule has 1 aliphatic heterocycles. The largest absolute Gasteiger partial charge is 0.494 e. The Balaban J connectivity index is 0.000000141. The topological polar surface area (TPSA) is 688 Å². The fraction of sp³-hybridized carbons (Fsp3) is 0.200. The number of rotatable bonds is 16. The van der Waals surface area contributed by atoms with Crippen LogP contribution in [0.4, 0.5) is 47.1 Å². The number of hydrogen-bond acceptors (Lipinski definition) is 40. The highest BCUT2D eigenvalue weighted by molar-refractivity contribution is 6.63. The van der Waals surface area contributed by atoms with Gasteiger partial charge in [-0.15, -0.1) is 0 Å². The SMILES string of the molecule is CC(=O)Nc1nc2cc(B(O)O)ccc2o1.CC(=O)Nc1nc2ccc(B(O)O)cc2o1.CC(=O)Nc1noc2cc(B(O)O)ccc12.CC(=O)Nc1noc2ccc(B(O)O)cc12.CNc1noc2ccc(B(O)O)cc12.CNc1noc2ccc(B3OC(C)(C)C(C)(C)O3)cc12.Nc1nc2cc(B(O)O)ccc2o1.OB(O)c1ccc2onc(NC3CC3)c2c1. The summed E-state index contributed by atoms with van der Waals surface area (Å²) in [4.78, 5) is 55.1. The Morgan fingerprint density at radius 1 is 0.354 bits per heavy atom. The number of hydrogen-bond donors (Lipinski definition) is 22. The summed E-state index contributed by atoms with van der Waals surface area (Å²) in [6.07, 6.45) is 2.30. The van der Waals surface area contributed by atoms with Gasteiger partial charge in [0.2, 0.25) is 23.6 Å². The first kappa shape index (κ1) is 94.2. The first-order chi connectivity index (χ1) is 60.2. The van der Waals surface area contributed by atoms with Crippen molar-refractivity contribution in [2.45, 2.75) is 85.5 Å². The summed E-state index contributed by atoms with van der Waals surface area (Å²) in [6, 6.07) is 39.3. The molecule has 23 N–H and O–H groups in total. The van der Waals surface area contributed by atoms with Crippen LogP contribution >= 0.6 is 0 Å². The molecule has 1 aliphatic carbocycles. The molecule has 1 saturated heterocycles. The van der Waals surface area contributed by atoms with Crippen molar-refractivity contribution >= 4 is 260 Å². The fourth-order valence-corrected chi connectivity index (χ4v) is 11.7. The van der Waals surface area contributed by atoms with Crippen LogP contribution in [0.1, 0.15) is 68.2 Å². The van der Waals surface area contributed by atoms with E-state index in [1.807, 2.05) is 52.9 Å². The normalized spacial score (nSPS) is 12.7. The maximum Gasteiger partial charge on any atom is 0.494 e. The monoisotopic (exact) mass is 1740 g/mol. The summed E-state index contributed by atoms with van der Waals surface area (Å²) >= 11 is 0. The smallest absolute Gasteiger partial charge is 0.424 e. The quantitative estimate of drug-likeness (QED) is 0.0503. The second kappa shape index (κ2) is 41.1. The molecule has 0 radical (unpaired) electrons. The van der Waals surface area contributed by atoms with Crippen LogP contribution in [-0.2, 0) is 28.5 Å². The maximum atomic E-state index is 10.9. The number of anilines is 8. The van der Waals surface area contributed by atoms with E-state index >= 15 is 0 Å². The van der Waals surface area contributed by atoms with Crippen LogP contribution in [0.3, 0.4) is 0 Å². The molecule has 0 spiro atoms. The molecule has 4 amide bonds. The number of carbonyl (C=O) groups is 4. The van der Waals surface area contributed by atoms with E-state index < -0.39 is 49.8 Å². The first-order valence-electron chi connectivity index (χ1n) is 38.3. The highest BCUT2D eigenvalue weighted by Crippen LogP contribution is 2.37. The lowest BCUT2D eigenvalue weighted by molar-refractivity contribution is -0.115. The zero-order valence-corrected chi connectivity index (χ0v) is 69.1. The third-order valence-electron chi connectivity index (χ3n) is 18.9. The van der Waals surface area contributed by atoms with Gasteiger partial charge in [0, 0.05) is 47.8 Å². The minimum Gasteiger partial charge on any atom is -0.424 e. The van der Waals surface area contributed by atoms with Gasteiger partial charge in [-0.25, -0.2) is 0 Å².